The first-order chi connectivity index (χ1) is 9.26. The van der Waals surface area contributed by atoms with Gasteiger partial charge < -0.3 is 5.32 Å². The van der Waals surface area contributed by atoms with Gasteiger partial charge in [0.25, 0.3) is 0 Å². The maximum atomic E-state index is 12.9. The van der Waals surface area contributed by atoms with E-state index in [9.17, 15) is 4.39 Å². The van der Waals surface area contributed by atoms with Crippen LogP contribution in [0.1, 0.15) is 0 Å². The monoisotopic (exact) mass is 275 g/mol. The molecule has 0 aliphatic heterocycles. The van der Waals surface area contributed by atoms with Crippen LogP contribution in [0.2, 0.25) is 0 Å². The molecular formula is C12H10FN5S. The molecule has 0 atom stereocenters. The minimum absolute atomic E-state index is 0.253. The summed E-state index contributed by atoms with van der Waals surface area (Å²) in [5.74, 6) is 0.262. The number of anilines is 1. The molecule has 3 aromatic rings. The summed E-state index contributed by atoms with van der Waals surface area (Å²) in [6.07, 6.45) is 1.68. The van der Waals surface area contributed by atoms with Crippen molar-refractivity contribution in [2.45, 2.75) is 9.92 Å². The fraction of sp³-hybridized carbons (Fsp3) is 0.0833. The fourth-order valence-electron chi connectivity index (χ4n) is 1.61. The molecule has 7 heteroatoms. The highest BCUT2D eigenvalue weighted by Crippen LogP contribution is 2.31. The van der Waals surface area contributed by atoms with Gasteiger partial charge in [-0.1, -0.05) is 11.8 Å². The molecule has 0 amide bonds. The van der Waals surface area contributed by atoms with Crippen LogP contribution >= 0.6 is 11.8 Å². The summed E-state index contributed by atoms with van der Waals surface area (Å²) in [7, 11) is 1.75. The van der Waals surface area contributed by atoms with Crippen LogP contribution in [0.4, 0.5) is 10.3 Å². The van der Waals surface area contributed by atoms with Crippen molar-refractivity contribution in [3.8, 4) is 0 Å². The lowest BCUT2D eigenvalue weighted by molar-refractivity contribution is 0.626. The van der Waals surface area contributed by atoms with Gasteiger partial charge in [-0.3, -0.25) is 5.10 Å². The molecule has 0 fully saturated rings. The molecule has 0 aliphatic carbocycles. The minimum atomic E-state index is -0.253. The van der Waals surface area contributed by atoms with Crippen LogP contribution in [0.3, 0.4) is 0 Å². The minimum Gasteiger partial charge on any atom is -0.357 e. The normalized spacial score (nSPS) is 10.8. The van der Waals surface area contributed by atoms with E-state index in [1.54, 1.807) is 25.4 Å². The second-order valence-electron chi connectivity index (χ2n) is 3.79. The molecule has 2 heterocycles. The Morgan fingerprint density at radius 2 is 2.00 bits per heavy atom. The van der Waals surface area contributed by atoms with E-state index in [0.29, 0.717) is 11.6 Å². The Morgan fingerprint density at radius 3 is 2.74 bits per heavy atom. The summed E-state index contributed by atoms with van der Waals surface area (Å²) >= 11 is 1.44. The second-order valence-corrected chi connectivity index (χ2v) is 4.85. The van der Waals surface area contributed by atoms with E-state index in [1.165, 1.54) is 23.9 Å². The highest BCUT2D eigenvalue weighted by molar-refractivity contribution is 7.99. The van der Waals surface area contributed by atoms with Gasteiger partial charge in [-0.15, -0.1) is 0 Å². The summed E-state index contributed by atoms with van der Waals surface area (Å²) in [5, 5.41) is 11.3. The Hall–Kier alpha value is -2.15. The largest absolute Gasteiger partial charge is 0.357 e. The molecule has 19 heavy (non-hydrogen) atoms. The molecule has 2 aromatic heterocycles. The van der Waals surface area contributed by atoms with Gasteiger partial charge in [-0.25, -0.2) is 9.37 Å². The predicted molar refractivity (Wildman–Crippen MR) is 71.8 cm³/mol. The van der Waals surface area contributed by atoms with Gasteiger partial charge in [0.05, 0.1) is 11.6 Å². The van der Waals surface area contributed by atoms with E-state index >= 15 is 0 Å². The lowest BCUT2D eigenvalue weighted by Gasteiger charge is -2.04. The van der Waals surface area contributed by atoms with Gasteiger partial charge in [-0.05, 0) is 24.3 Å². The van der Waals surface area contributed by atoms with E-state index in [1.807, 2.05) is 0 Å². The fourth-order valence-corrected chi connectivity index (χ4v) is 2.50. The number of benzene rings is 1. The molecule has 0 saturated carbocycles. The third-order valence-electron chi connectivity index (χ3n) is 2.53. The molecule has 96 valence electrons. The first kappa shape index (κ1) is 11.9. The Kier molecular flexibility index (Phi) is 3.04. The number of rotatable bonds is 3. The topological polar surface area (TPSA) is 66.5 Å². The number of H-pyrrole nitrogens is 1. The highest BCUT2D eigenvalue weighted by Gasteiger charge is 2.10. The van der Waals surface area contributed by atoms with Crippen molar-refractivity contribution in [1.29, 1.82) is 0 Å². The van der Waals surface area contributed by atoms with Crippen molar-refractivity contribution < 1.29 is 4.39 Å². The molecular weight excluding hydrogens is 265 g/mol. The first-order valence-corrected chi connectivity index (χ1v) is 6.40. The Balaban J connectivity index is 2.03. The third-order valence-corrected chi connectivity index (χ3v) is 3.54. The summed E-state index contributed by atoms with van der Waals surface area (Å²) in [6, 6.07) is 6.28. The van der Waals surface area contributed by atoms with Crippen LogP contribution < -0.4 is 5.32 Å². The molecule has 0 saturated heterocycles. The molecule has 1 aromatic carbocycles. The van der Waals surface area contributed by atoms with Gasteiger partial charge in [0.15, 0.2) is 5.65 Å². The Bertz CT molecular complexity index is 710. The number of hydrogen-bond donors (Lipinski definition) is 2. The summed E-state index contributed by atoms with van der Waals surface area (Å²) < 4.78 is 12.9. The highest BCUT2D eigenvalue weighted by atomic mass is 32.2. The second kappa shape index (κ2) is 4.85. The lowest BCUT2D eigenvalue weighted by atomic mass is 10.4. The lowest BCUT2D eigenvalue weighted by Crippen LogP contribution is -1.97. The van der Waals surface area contributed by atoms with Gasteiger partial charge in [0.2, 0.25) is 5.95 Å². The van der Waals surface area contributed by atoms with E-state index in [0.717, 1.165) is 15.3 Å². The van der Waals surface area contributed by atoms with Crippen LogP contribution in [0, 0.1) is 5.82 Å². The van der Waals surface area contributed by atoms with Crippen molar-refractivity contribution in [3.05, 3.63) is 36.3 Å². The molecule has 3 rings (SSSR count). The number of aromatic amines is 1. The van der Waals surface area contributed by atoms with E-state index in [-0.39, 0.29) is 5.82 Å². The quantitative estimate of drug-likeness (QED) is 0.719. The van der Waals surface area contributed by atoms with Crippen LogP contribution in [0.5, 0.6) is 0 Å². The number of hydrogen-bond acceptors (Lipinski definition) is 5. The Morgan fingerprint density at radius 1 is 1.21 bits per heavy atom. The maximum absolute atomic E-state index is 12.9. The molecule has 0 bridgehead atoms. The number of nitrogens with one attached hydrogen (secondary N) is 2. The number of halogens is 1. The first-order valence-electron chi connectivity index (χ1n) is 5.58. The van der Waals surface area contributed by atoms with Crippen LogP contribution in [-0.4, -0.2) is 27.2 Å². The van der Waals surface area contributed by atoms with Crippen LogP contribution in [-0.2, 0) is 0 Å². The van der Waals surface area contributed by atoms with Gasteiger partial charge in [0, 0.05) is 11.9 Å². The smallest absolute Gasteiger partial charge is 0.225 e. The van der Waals surface area contributed by atoms with E-state index in [4.69, 9.17) is 0 Å². The van der Waals surface area contributed by atoms with E-state index in [2.05, 4.69) is 25.5 Å². The molecule has 0 aliphatic rings. The number of aromatic nitrogens is 4. The molecule has 0 unspecified atom stereocenters. The predicted octanol–water partition coefficient (Wildman–Crippen LogP) is 2.68. The van der Waals surface area contributed by atoms with Gasteiger partial charge in [0.1, 0.15) is 10.8 Å². The van der Waals surface area contributed by atoms with Crippen molar-refractivity contribution in [3.63, 3.8) is 0 Å². The van der Waals surface area contributed by atoms with Crippen molar-refractivity contribution in [1.82, 2.24) is 20.2 Å². The van der Waals surface area contributed by atoms with E-state index < -0.39 is 0 Å². The summed E-state index contributed by atoms with van der Waals surface area (Å²) in [4.78, 5) is 9.56. The molecule has 0 radical (unpaired) electrons. The molecule has 2 N–H and O–H groups in total. The number of fused-ring (bicyclic) bond motifs is 1. The molecule has 5 nitrogen and oxygen atoms in total. The SMILES string of the molecule is CNc1nc(Sc2ccc(F)cc2)c2cn[nH]c2n1. The van der Waals surface area contributed by atoms with Gasteiger partial charge >= 0.3 is 0 Å². The maximum Gasteiger partial charge on any atom is 0.225 e. The van der Waals surface area contributed by atoms with Crippen molar-refractivity contribution >= 4 is 28.7 Å². The Labute approximate surface area is 112 Å². The van der Waals surface area contributed by atoms with Gasteiger partial charge in [-0.2, -0.15) is 10.1 Å². The van der Waals surface area contributed by atoms with Crippen LogP contribution in [0.25, 0.3) is 11.0 Å². The third kappa shape index (κ3) is 2.37. The average molecular weight is 275 g/mol. The van der Waals surface area contributed by atoms with Crippen molar-refractivity contribution in [2.75, 3.05) is 12.4 Å². The van der Waals surface area contributed by atoms with Crippen molar-refractivity contribution in [2.24, 2.45) is 0 Å². The van der Waals surface area contributed by atoms with Crippen LogP contribution in [0.15, 0.2) is 40.4 Å². The number of nitrogens with zero attached hydrogens (tertiary/aromatic N) is 3. The zero-order chi connectivity index (χ0) is 13.2. The zero-order valence-electron chi connectivity index (χ0n) is 10.0. The summed E-state index contributed by atoms with van der Waals surface area (Å²) in [6.45, 7) is 0. The zero-order valence-corrected chi connectivity index (χ0v) is 10.8. The average Bonchev–Trinajstić information content (AvgIpc) is 2.89. The standard InChI is InChI=1S/C12H10FN5S/c1-14-12-16-10-9(6-15-18-10)11(17-12)19-8-4-2-7(13)3-5-8/h2-6H,1H3,(H2,14,15,16,17,18). The summed E-state index contributed by atoms with van der Waals surface area (Å²) in [5.41, 5.74) is 0.670. The molecule has 0 spiro atoms.